The molecule has 0 aromatic carbocycles. The Morgan fingerprint density at radius 1 is 1.53 bits per heavy atom. The molecular weight excluding hydrogens is 242 g/mol. The predicted molar refractivity (Wildman–Crippen MR) is 75.8 cm³/mol. The highest BCUT2D eigenvalue weighted by Gasteiger charge is 2.27. The van der Waals surface area contributed by atoms with Crippen LogP contribution >= 0.6 is 0 Å². The topological polar surface area (TPSA) is 52.7 Å². The molecule has 1 fully saturated rings. The minimum Gasteiger partial charge on any atom is -0.359 e. The summed E-state index contributed by atoms with van der Waals surface area (Å²) in [5.41, 5.74) is 0. The Hall–Kier alpha value is -1.10. The van der Waals surface area contributed by atoms with E-state index in [4.69, 9.17) is 0 Å². The molecule has 0 saturated carbocycles. The number of rotatable bonds is 6. The molecule has 1 aliphatic heterocycles. The van der Waals surface area contributed by atoms with E-state index in [1.54, 1.807) is 7.05 Å². The van der Waals surface area contributed by atoms with Crippen molar-refractivity contribution in [2.75, 3.05) is 33.7 Å². The maximum absolute atomic E-state index is 11.8. The molecule has 1 aliphatic rings. The highest BCUT2D eigenvalue weighted by Crippen LogP contribution is 2.20. The Morgan fingerprint density at radius 2 is 2.21 bits per heavy atom. The highest BCUT2D eigenvalue weighted by atomic mass is 16.2. The molecule has 5 nitrogen and oxygen atoms in total. The van der Waals surface area contributed by atoms with Crippen molar-refractivity contribution >= 4 is 11.8 Å². The third kappa shape index (κ3) is 5.19. The molecule has 0 aromatic heterocycles. The summed E-state index contributed by atoms with van der Waals surface area (Å²) in [6, 6.07) is 0.284. The second-order valence-corrected chi connectivity index (χ2v) is 5.73. The molecule has 1 saturated heterocycles. The van der Waals surface area contributed by atoms with Gasteiger partial charge in [0.2, 0.25) is 11.8 Å². The fraction of sp³-hybridized carbons (Fsp3) is 0.857. The zero-order valence-electron chi connectivity index (χ0n) is 12.6. The van der Waals surface area contributed by atoms with Crippen LogP contribution in [0.2, 0.25) is 0 Å². The zero-order chi connectivity index (χ0) is 14.4. The molecule has 1 unspecified atom stereocenters. The van der Waals surface area contributed by atoms with E-state index < -0.39 is 0 Å². The number of hydrogen-bond acceptors (Lipinski definition) is 3. The summed E-state index contributed by atoms with van der Waals surface area (Å²) >= 11 is 0. The summed E-state index contributed by atoms with van der Waals surface area (Å²) < 4.78 is 0. The second-order valence-electron chi connectivity index (χ2n) is 5.73. The summed E-state index contributed by atoms with van der Waals surface area (Å²) in [7, 11) is 3.70. The normalized spacial score (nSPS) is 20.2. The van der Waals surface area contributed by atoms with Gasteiger partial charge < -0.3 is 15.1 Å². The maximum atomic E-state index is 11.8. The van der Waals surface area contributed by atoms with Crippen LogP contribution in [-0.2, 0) is 9.59 Å². The van der Waals surface area contributed by atoms with Gasteiger partial charge in [-0.2, -0.15) is 0 Å². The van der Waals surface area contributed by atoms with Gasteiger partial charge in [0.05, 0.1) is 0 Å². The van der Waals surface area contributed by atoms with E-state index in [0.29, 0.717) is 18.8 Å². The van der Waals surface area contributed by atoms with Gasteiger partial charge in [-0.3, -0.25) is 9.59 Å². The standard InChI is InChI=1S/C14H27N3O2/c1-11(2)17-10-12(5-6-14(17)19)9-16(4)8-7-13(18)15-3/h11-12H,5-10H2,1-4H3,(H,15,18). The van der Waals surface area contributed by atoms with E-state index in [9.17, 15) is 9.59 Å². The quantitative estimate of drug-likeness (QED) is 0.772. The summed E-state index contributed by atoms with van der Waals surface area (Å²) in [6.07, 6.45) is 2.16. The number of amides is 2. The maximum Gasteiger partial charge on any atom is 0.222 e. The van der Waals surface area contributed by atoms with Gasteiger partial charge in [0.15, 0.2) is 0 Å². The van der Waals surface area contributed by atoms with Gasteiger partial charge in [-0.25, -0.2) is 0 Å². The summed E-state index contributed by atoms with van der Waals surface area (Å²) in [4.78, 5) is 27.1. The molecule has 5 heteroatoms. The van der Waals surface area contributed by atoms with Crippen molar-refractivity contribution in [2.24, 2.45) is 5.92 Å². The second kappa shape index (κ2) is 7.48. The first-order valence-corrected chi connectivity index (χ1v) is 7.12. The van der Waals surface area contributed by atoms with Crippen LogP contribution in [0.1, 0.15) is 33.1 Å². The lowest BCUT2D eigenvalue weighted by molar-refractivity contribution is -0.136. The van der Waals surface area contributed by atoms with Crippen molar-refractivity contribution in [3.63, 3.8) is 0 Å². The van der Waals surface area contributed by atoms with Gasteiger partial charge in [-0.1, -0.05) is 0 Å². The van der Waals surface area contributed by atoms with Gasteiger partial charge in [-0.15, -0.1) is 0 Å². The molecule has 0 aromatic rings. The van der Waals surface area contributed by atoms with Crippen molar-refractivity contribution < 1.29 is 9.59 Å². The number of piperidine rings is 1. The van der Waals surface area contributed by atoms with Gasteiger partial charge in [0.1, 0.15) is 0 Å². The van der Waals surface area contributed by atoms with E-state index in [0.717, 1.165) is 26.1 Å². The molecule has 0 radical (unpaired) electrons. The van der Waals surface area contributed by atoms with E-state index in [2.05, 4.69) is 24.1 Å². The van der Waals surface area contributed by atoms with Gasteiger partial charge in [0, 0.05) is 45.6 Å². The molecule has 1 rings (SSSR count). The Bertz CT molecular complexity index is 318. The molecule has 110 valence electrons. The van der Waals surface area contributed by atoms with Crippen LogP contribution in [0, 0.1) is 5.92 Å². The fourth-order valence-corrected chi connectivity index (χ4v) is 2.54. The molecule has 1 N–H and O–H groups in total. The molecule has 1 heterocycles. The molecule has 0 bridgehead atoms. The summed E-state index contributed by atoms with van der Waals surface area (Å²) in [5, 5.41) is 2.63. The first-order valence-electron chi connectivity index (χ1n) is 7.12. The highest BCUT2D eigenvalue weighted by molar-refractivity contribution is 5.77. The summed E-state index contributed by atoms with van der Waals surface area (Å²) in [5.74, 6) is 0.878. The van der Waals surface area contributed by atoms with Crippen LogP contribution in [0.3, 0.4) is 0 Å². The van der Waals surface area contributed by atoms with E-state index >= 15 is 0 Å². The molecule has 2 amide bonds. The van der Waals surface area contributed by atoms with Crippen LogP contribution < -0.4 is 5.32 Å². The Balaban J connectivity index is 2.36. The van der Waals surface area contributed by atoms with Crippen molar-refractivity contribution in [1.82, 2.24) is 15.1 Å². The van der Waals surface area contributed by atoms with Crippen LogP contribution in [-0.4, -0.2) is 61.4 Å². The average molecular weight is 269 g/mol. The van der Waals surface area contributed by atoms with Crippen molar-refractivity contribution in [2.45, 2.75) is 39.2 Å². The zero-order valence-corrected chi connectivity index (χ0v) is 12.6. The van der Waals surface area contributed by atoms with Gasteiger partial charge >= 0.3 is 0 Å². The minimum absolute atomic E-state index is 0.0782. The van der Waals surface area contributed by atoms with E-state index in [1.807, 2.05) is 11.9 Å². The minimum atomic E-state index is 0.0782. The van der Waals surface area contributed by atoms with Gasteiger partial charge in [-0.05, 0) is 33.2 Å². The molecule has 0 aliphatic carbocycles. The van der Waals surface area contributed by atoms with E-state index in [1.165, 1.54) is 0 Å². The number of likely N-dealkylation sites (tertiary alicyclic amines) is 1. The third-order valence-corrected chi connectivity index (χ3v) is 3.73. The first kappa shape index (κ1) is 16.0. The SMILES string of the molecule is CNC(=O)CCN(C)CC1CCC(=O)N(C(C)C)C1. The Kier molecular flexibility index (Phi) is 6.28. The van der Waals surface area contributed by atoms with Crippen molar-refractivity contribution in [3.8, 4) is 0 Å². The number of nitrogens with zero attached hydrogens (tertiary/aromatic N) is 2. The van der Waals surface area contributed by atoms with Crippen molar-refractivity contribution in [1.29, 1.82) is 0 Å². The van der Waals surface area contributed by atoms with Crippen LogP contribution in [0.5, 0.6) is 0 Å². The van der Waals surface area contributed by atoms with Crippen LogP contribution in [0.15, 0.2) is 0 Å². The predicted octanol–water partition coefficient (Wildman–Crippen LogP) is 0.701. The number of nitrogens with one attached hydrogen (secondary N) is 1. The third-order valence-electron chi connectivity index (χ3n) is 3.73. The molecule has 0 spiro atoms. The number of carbonyl (C=O) groups is 2. The summed E-state index contributed by atoms with van der Waals surface area (Å²) in [6.45, 7) is 6.70. The molecular formula is C14H27N3O2. The Morgan fingerprint density at radius 3 is 2.79 bits per heavy atom. The smallest absolute Gasteiger partial charge is 0.222 e. The van der Waals surface area contributed by atoms with Gasteiger partial charge in [0.25, 0.3) is 0 Å². The Labute approximate surface area is 116 Å². The monoisotopic (exact) mass is 269 g/mol. The average Bonchev–Trinajstić information content (AvgIpc) is 2.37. The largest absolute Gasteiger partial charge is 0.359 e. The fourth-order valence-electron chi connectivity index (χ4n) is 2.54. The number of hydrogen-bond donors (Lipinski definition) is 1. The van der Waals surface area contributed by atoms with Crippen molar-refractivity contribution in [3.05, 3.63) is 0 Å². The molecule has 1 atom stereocenters. The lowest BCUT2D eigenvalue weighted by Gasteiger charge is -2.37. The lowest BCUT2D eigenvalue weighted by Crippen LogP contribution is -2.46. The van der Waals surface area contributed by atoms with Crippen LogP contribution in [0.4, 0.5) is 0 Å². The van der Waals surface area contributed by atoms with E-state index in [-0.39, 0.29) is 17.9 Å². The first-order chi connectivity index (χ1) is 8.93. The molecule has 19 heavy (non-hydrogen) atoms. The number of carbonyl (C=O) groups excluding carboxylic acids is 2. The lowest BCUT2D eigenvalue weighted by atomic mass is 9.96. The van der Waals surface area contributed by atoms with Crippen LogP contribution in [0.25, 0.3) is 0 Å².